The molecular formula is C6H9NO4. The highest BCUT2D eigenvalue weighted by molar-refractivity contribution is 5.88. The summed E-state index contributed by atoms with van der Waals surface area (Å²) in [6.07, 6.45) is -0.151. The molecule has 5 heteroatoms. The predicted octanol–water partition coefficient (Wildman–Crippen LogP) is 0.331. The van der Waals surface area contributed by atoms with Crippen LogP contribution >= 0.6 is 0 Å². The normalized spacial score (nSPS) is 10.5. The molecule has 0 aliphatic carbocycles. The lowest BCUT2D eigenvalue weighted by Crippen LogP contribution is -2.15. The lowest BCUT2D eigenvalue weighted by Gasteiger charge is -1.97. The summed E-state index contributed by atoms with van der Waals surface area (Å²) in [5, 5.41) is 10.0. The van der Waals surface area contributed by atoms with E-state index in [0.29, 0.717) is 0 Å². The molecule has 0 radical (unpaired) electrons. The molecule has 2 N–H and O–H groups in total. The van der Waals surface area contributed by atoms with Crippen molar-refractivity contribution in [1.29, 1.82) is 0 Å². The lowest BCUT2D eigenvalue weighted by atomic mass is 10.3. The Hall–Kier alpha value is -1.52. The van der Waals surface area contributed by atoms with Crippen LogP contribution in [0, 0.1) is 0 Å². The first kappa shape index (κ1) is 9.48. The molecule has 0 rings (SSSR count). The van der Waals surface area contributed by atoms with Crippen molar-refractivity contribution in [2.24, 2.45) is 0 Å². The third-order valence-electron chi connectivity index (χ3n) is 0.920. The minimum Gasteiger partial charge on any atom is -0.466 e. The highest BCUT2D eigenvalue weighted by Gasteiger charge is 2.02. The average molecular weight is 159 g/mol. The highest BCUT2D eigenvalue weighted by Crippen LogP contribution is 1.91. The van der Waals surface area contributed by atoms with Gasteiger partial charge in [0.15, 0.2) is 0 Å². The number of carbonyl (C=O) groups is 2. The molecule has 0 aliphatic rings. The van der Waals surface area contributed by atoms with Crippen LogP contribution in [0.5, 0.6) is 0 Å². The van der Waals surface area contributed by atoms with Crippen molar-refractivity contribution in [3.05, 3.63) is 11.8 Å². The zero-order valence-corrected chi connectivity index (χ0v) is 6.25. The third kappa shape index (κ3) is 3.96. The van der Waals surface area contributed by atoms with Gasteiger partial charge in [-0.2, -0.15) is 0 Å². The van der Waals surface area contributed by atoms with Gasteiger partial charge in [-0.05, 0) is 6.92 Å². The number of hydrogen-bond acceptors (Lipinski definition) is 3. The fourth-order valence-corrected chi connectivity index (χ4v) is 0.390. The Morgan fingerprint density at radius 3 is 2.45 bits per heavy atom. The Morgan fingerprint density at radius 1 is 1.55 bits per heavy atom. The second kappa shape index (κ2) is 4.32. The lowest BCUT2D eigenvalue weighted by molar-refractivity contribution is -0.136. The van der Waals surface area contributed by atoms with E-state index in [9.17, 15) is 9.59 Å². The number of carboxylic acid groups (broad SMARTS) is 1. The third-order valence-corrected chi connectivity index (χ3v) is 0.920. The Morgan fingerprint density at radius 2 is 2.09 bits per heavy atom. The van der Waals surface area contributed by atoms with Crippen molar-refractivity contribution < 1.29 is 19.4 Å². The molecule has 5 nitrogen and oxygen atoms in total. The smallest absolute Gasteiger partial charge is 0.408 e. The minimum atomic E-state index is -1.21. The van der Waals surface area contributed by atoms with Gasteiger partial charge in [0.25, 0.3) is 0 Å². The van der Waals surface area contributed by atoms with E-state index >= 15 is 0 Å². The summed E-state index contributed by atoms with van der Waals surface area (Å²) in [5.41, 5.74) is 0.204. The van der Waals surface area contributed by atoms with Crippen molar-refractivity contribution in [3.8, 4) is 0 Å². The van der Waals surface area contributed by atoms with Gasteiger partial charge >= 0.3 is 12.1 Å². The molecule has 0 heterocycles. The van der Waals surface area contributed by atoms with Crippen LogP contribution in [0.2, 0.25) is 0 Å². The largest absolute Gasteiger partial charge is 0.466 e. The van der Waals surface area contributed by atoms with Gasteiger partial charge in [-0.15, -0.1) is 0 Å². The molecule has 0 atom stereocenters. The molecule has 0 aromatic rings. The van der Waals surface area contributed by atoms with Crippen molar-refractivity contribution in [1.82, 2.24) is 5.32 Å². The topological polar surface area (TPSA) is 75.6 Å². The first-order valence-corrected chi connectivity index (χ1v) is 2.82. The Balaban J connectivity index is 4.00. The average Bonchev–Trinajstić information content (AvgIpc) is 1.98. The van der Waals surface area contributed by atoms with Gasteiger partial charge < -0.3 is 9.84 Å². The summed E-state index contributed by atoms with van der Waals surface area (Å²) in [5.74, 6) is -0.557. The monoisotopic (exact) mass is 159 g/mol. The van der Waals surface area contributed by atoms with Crippen molar-refractivity contribution in [3.63, 3.8) is 0 Å². The van der Waals surface area contributed by atoms with Crippen molar-refractivity contribution in [2.45, 2.75) is 6.92 Å². The zero-order valence-electron chi connectivity index (χ0n) is 6.25. The highest BCUT2D eigenvalue weighted by atomic mass is 16.5. The van der Waals surface area contributed by atoms with Crippen LogP contribution in [-0.2, 0) is 9.53 Å². The molecule has 11 heavy (non-hydrogen) atoms. The van der Waals surface area contributed by atoms with Crippen molar-refractivity contribution in [2.75, 3.05) is 7.11 Å². The number of methoxy groups -OCH3 is 1. The van der Waals surface area contributed by atoms with Crippen molar-refractivity contribution >= 4 is 12.1 Å². The Bertz CT molecular complexity index is 197. The maximum Gasteiger partial charge on any atom is 0.408 e. The minimum absolute atomic E-state index is 0.204. The molecule has 0 saturated heterocycles. The van der Waals surface area contributed by atoms with Gasteiger partial charge in [0.2, 0.25) is 0 Å². The number of hydrogen-bond donors (Lipinski definition) is 2. The maximum absolute atomic E-state index is 10.6. The quantitative estimate of drug-likeness (QED) is 0.449. The van der Waals surface area contributed by atoms with Crippen LogP contribution in [-0.4, -0.2) is 24.3 Å². The first-order chi connectivity index (χ1) is 5.07. The Kier molecular flexibility index (Phi) is 3.72. The molecule has 0 unspecified atom stereocenters. The van der Waals surface area contributed by atoms with Gasteiger partial charge in [-0.3, -0.25) is 5.32 Å². The molecule has 0 saturated carbocycles. The summed E-state index contributed by atoms with van der Waals surface area (Å²) in [6, 6.07) is 0. The van der Waals surface area contributed by atoms with E-state index in [-0.39, 0.29) is 5.57 Å². The van der Waals surface area contributed by atoms with E-state index in [1.54, 1.807) is 0 Å². The van der Waals surface area contributed by atoms with E-state index in [1.807, 2.05) is 5.32 Å². The maximum atomic E-state index is 10.6. The summed E-state index contributed by atoms with van der Waals surface area (Å²) in [6.45, 7) is 1.45. The number of carbonyl (C=O) groups excluding carboxylic acids is 1. The number of rotatable bonds is 2. The summed E-state index contributed by atoms with van der Waals surface area (Å²) < 4.78 is 4.30. The van der Waals surface area contributed by atoms with E-state index < -0.39 is 12.1 Å². The molecule has 0 spiro atoms. The van der Waals surface area contributed by atoms with Gasteiger partial charge in [0.1, 0.15) is 0 Å². The summed E-state index contributed by atoms with van der Waals surface area (Å²) in [4.78, 5) is 20.5. The van der Waals surface area contributed by atoms with Gasteiger partial charge in [0, 0.05) is 6.20 Å². The van der Waals surface area contributed by atoms with Crippen LogP contribution in [0.3, 0.4) is 0 Å². The zero-order chi connectivity index (χ0) is 8.85. The molecule has 0 aromatic carbocycles. The first-order valence-electron chi connectivity index (χ1n) is 2.82. The number of amides is 1. The number of ether oxygens (including phenoxy) is 1. The van der Waals surface area contributed by atoms with Crippen LogP contribution < -0.4 is 5.32 Å². The SMILES string of the molecule is COC(=O)C(C)=CNC(=O)O. The molecule has 0 bridgehead atoms. The summed E-state index contributed by atoms with van der Waals surface area (Å²) >= 11 is 0. The molecule has 0 aliphatic heterocycles. The standard InChI is InChI=1S/C6H9NO4/c1-4(5(8)11-2)3-7-6(9)10/h3,7H,1-2H3,(H,9,10). The van der Waals surface area contributed by atoms with Crippen LogP contribution in [0.25, 0.3) is 0 Å². The van der Waals surface area contributed by atoms with Gasteiger partial charge in [-0.1, -0.05) is 0 Å². The summed E-state index contributed by atoms with van der Waals surface area (Å²) in [7, 11) is 1.22. The fraction of sp³-hybridized carbons (Fsp3) is 0.333. The van der Waals surface area contributed by atoms with Crippen LogP contribution in [0.4, 0.5) is 4.79 Å². The second-order valence-corrected chi connectivity index (χ2v) is 1.77. The van der Waals surface area contributed by atoms with Gasteiger partial charge in [0.05, 0.1) is 12.7 Å². The van der Waals surface area contributed by atoms with E-state index in [4.69, 9.17) is 5.11 Å². The van der Waals surface area contributed by atoms with E-state index in [0.717, 1.165) is 6.20 Å². The van der Waals surface area contributed by atoms with E-state index in [1.165, 1.54) is 14.0 Å². The second-order valence-electron chi connectivity index (χ2n) is 1.77. The number of esters is 1. The molecule has 0 aromatic heterocycles. The van der Waals surface area contributed by atoms with Crippen LogP contribution in [0.15, 0.2) is 11.8 Å². The number of nitrogens with one attached hydrogen (secondary N) is 1. The molecule has 62 valence electrons. The molecule has 1 amide bonds. The predicted molar refractivity (Wildman–Crippen MR) is 36.9 cm³/mol. The molecule has 0 fully saturated rings. The molecular weight excluding hydrogens is 150 g/mol. The fourth-order valence-electron chi connectivity index (χ4n) is 0.390. The van der Waals surface area contributed by atoms with E-state index in [2.05, 4.69) is 4.74 Å². The van der Waals surface area contributed by atoms with Gasteiger partial charge in [-0.25, -0.2) is 9.59 Å². The Labute approximate surface area is 63.7 Å². The van der Waals surface area contributed by atoms with Crippen LogP contribution in [0.1, 0.15) is 6.92 Å².